The summed E-state index contributed by atoms with van der Waals surface area (Å²) in [5.41, 5.74) is 1.83. The Bertz CT molecular complexity index is 802. The molecule has 2 aromatic rings. The van der Waals surface area contributed by atoms with Gasteiger partial charge in [0.05, 0.1) is 0 Å². The first-order valence-corrected chi connectivity index (χ1v) is 10.5. The van der Waals surface area contributed by atoms with Crippen LogP contribution in [0.1, 0.15) is 36.8 Å². The number of rotatable bonds is 8. The molecule has 0 unspecified atom stereocenters. The number of benzene rings is 2. The van der Waals surface area contributed by atoms with Crippen LogP contribution >= 0.6 is 0 Å². The van der Waals surface area contributed by atoms with Gasteiger partial charge in [0.25, 0.3) is 0 Å². The molecule has 29 heavy (non-hydrogen) atoms. The Labute approximate surface area is 171 Å². The van der Waals surface area contributed by atoms with Crippen molar-refractivity contribution < 1.29 is 14.0 Å². The second-order valence-electron chi connectivity index (χ2n) is 7.71. The van der Waals surface area contributed by atoms with Crippen LogP contribution in [0.5, 0.6) is 0 Å². The summed E-state index contributed by atoms with van der Waals surface area (Å²) in [6, 6.07) is 16.7. The fourth-order valence-corrected chi connectivity index (χ4v) is 3.90. The minimum absolute atomic E-state index is 0.00626. The topological polar surface area (TPSA) is 58.2 Å². The van der Waals surface area contributed by atoms with Crippen LogP contribution < -0.4 is 10.6 Å². The van der Waals surface area contributed by atoms with E-state index >= 15 is 0 Å². The lowest BCUT2D eigenvalue weighted by Gasteiger charge is -2.27. The molecule has 2 amide bonds. The average molecular weight is 397 g/mol. The normalized spacial score (nSPS) is 18.8. The zero-order chi connectivity index (χ0) is 20.5. The van der Waals surface area contributed by atoms with Gasteiger partial charge in [0.2, 0.25) is 11.8 Å². The number of nitrogens with one attached hydrogen (secondary N) is 2. The van der Waals surface area contributed by atoms with Crippen molar-refractivity contribution in [3.05, 3.63) is 71.5 Å². The number of hydrogen-bond acceptors (Lipinski definition) is 2. The quantitative estimate of drug-likeness (QED) is 0.716. The van der Waals surface area contributed by atoms with E-state index in [2.05, 4.69) is 22.8 Å². The molecular weight excluding hydrogens is 367 g/mol. The van der Waals surface area contributed by atoms with Crippen molar-refractivity contribution in [2.75, 3.05) is 13.1 Å². The van der Waals surface area contributed by atoms with Crippen molar-refractivity contribution >= 4 is 11.8 Å². The van der Waals surface area contributed by atoms with E-state index < -0.39 is 0 Å². The minimum Gasteiger partial charge on any atom is -0.356 e. The highest BCUT2D eigenvalue weighted by Gasteiger charge is 2.29. The molecule has 2 N–H and O–H groups in total. The summed E-state index contributed by atoms with van der Waals surface area (Å²) in [4.78, 5) is 24.8. The molecule has 1 saturated carbocycles. The van der Waals surface area contributed by atoms with Gasteiger partial charge >= 0.3 is 0 Å². The summed E-state index contributed by atoms with van der Waals surface area (Å²) in [5, 5.41) is 5.95. The van der Waals surface area contributed by atoms with E-state index in [0.29, 0.717) is 25.1 Å². The molecule has 0 saturated heterocycles. The Morgan fingerprint density at radius 1 is 0.759 bits per heavy atom. The van der Waals surface area contributed by atoms with Crippen LogP contribution in [-0.4, -0.2) is 24.9 Å². The van der Waals surface area contributed by atoms with Crippen molar-refractivity contribution in [1.82, 2.24) is 10.6 Å². The van der Waals surface area contributed by atoms with Gasteiger partial charge < -0.3 is 10.6 Å². The van der Waals surface area contributed by atoms with Crippen LogP contribution in [0, 0.1) is 17.7 Å². The van der Waals surface area contributed by atoms with E-state index in [-0.39, 0.29) is 29.5 Å². The van der Waals surface area contributed by atoms with E-state index in [9.17, 15) is 14.0 Å². The van der Waals surface area contributed by atoms with Gasteiger partial charge in [0.1, 0.15) is 5.82 Å². The molecule has 3 rings (SSSR count). The van der Waals surface area contributed by atoms with E-state index in [1.54, 1.807) is 18.2 Å². The Morgan fingerprint density at radius 2 is 1.28 bits per heavy atom. The molecule has 5 heteroatoms. The van der Waals surface area contributed by atoms with Crippen LogP contribution in [0.25, 0.3) is 0 Å². The summed E-state index contributed by atoms with van der Waals surface area (Å²) in [5.74, 6) is -0.179. The number of hydrogen-bond donors (Lipinski definition) is 2. The van der Waals surface area contributed by atoms with Crippen molar-refractivity contribution in [2.24, 2.45) is 11.8 Å². The molecule has 0 spiro atoms. The number of halogens is 1. The molecule has 0 bridgehead atoms. The molecule has 2 aromatic carbocycles. The van der Waals surface area contributed by atoms with Crippen LogP contribution in [0.3, 0.4) is 0 Å². The monoisotopic (exact) mass is 396 g/mol. The number of amides is 2. The van der Waals surface area contributed by atoms with E-state index in [1.165, 1.54) is 11.6 Å². The fraction of sp³-hybridized carbons (Fsp3) is 0.417. The number of carbonyl (C=O) groups excluding carboxylic acids is 2. The van der Waals surface area contributed by atoms with Gasteiger partial charge in [-0.05, 0) is 55.7 Å². The molecule has 0 atom stereocenters. The standard InChI is InChI=1S/C24H29FN2O2/c25-22-9-5-4-8-19(22)15-17-27-24(29)21-12-10-20(11-13-21)23(28)26-16-14-18-6-2-1-3-7-18/h1-9,20-21H,10-17H2,(H,26,28)(H,27,29). The molecule has 1 fully saturated rings. The van der Waals surface area contributed by atoms with E-state index in [1.807, 2.05) is 18.2 Å². The molecule has 0 heterocycles. The maximum atomic E-state index is 13.6. The molecule has 1 aliphatic carbocycles. The van der Waals surface area contributed by atoms with Crippen LogP contribution in [0.2, 0.25) is 0 Å². The van der Waals surface area contributed by atoms with Crippen molar-refractivity contribution in [3.63, 3.8) is 0 Å². The SMILES string of the molecule is O=C(NCCc1ccccc1)C1CCC(C(=O)NCCc2ccccc2F)CC1. The lowest BCUT2D eigenvalue weighted by molar-refractivity contribution is -0.130. The lowest BCUT2D eigenvalue weighted by atomic mass is 9.81. The lowest BCUT2D eigenvalue weighted by Crippen LogP contribution is -2.38. The maximum absolute atomic E-state index is 13.6. The van der Waals surface area contributed by atoms with Gasteiger partial charge in [-0.2, -0.15) is 0 Å². The van der Waals surface area contributed by atoms with Crippen LogP contribution in [0.15, 0.2) is 54.6 Å². The van der Waals surface area contributed by atoms with Gasteiger partial charge in [-0.25, -0.2) is 4.39 Å². The minimum atomic E-state index is -0.236. The fourth-order valence-electron chi connectivity index (χ4n) is 3.90. The maximum Gasteiger partial charge on any atom is 0.223 e. The second kappa shape index (κ2) is 10.7. The molecule has 1 aliphatic rings. The summed E-state index contributed by atoms with van der Waals surface area (Å²) in [6.45, 7) is 1.07. The average Bonchev–Trinajstić information content (AvgIpc) is 2.76. The Morgan fingerprint density at radius 3 is 1.86 bits per heavy atom. The Hall–Kier alpha value is -2.69. The van der Waals surface area contributed by atoms with Gasteiger partial charge in [-0.1, -0.05) is 48.5 Å². The number of carbonyl (C=O) groups is 2. The first-order chi connectivity index (χ1) is 14.1. The molecule has 154 valence electrons. The molecule has 0 radical (unpaired) electrons. The third-order valence-electron chi connectivity index (χ3n) is 5.68. The third-order valence-corrected chi connectivity index (χ3v) is 5.68. The summed E-state index contributed by atoms with van der Waals surface area (Å²) < 4.78 is 13.6. The molecule has 0 aromatic heterocycles. The zero-order valence-corrected chi connectivity index (χ0v) is 16.7. The molecular formula is C24H29FN2O2. The predicted molar refractivity (Wildman–Crippen MR) is 112 cm³/mol. The van der Waals surface area contributed by atoms with Crippen molar-refractivity contribution in [1.29, 1.82) is 0 Å². The Balaban J connectivity index is 1.33. The summed E-state index contributed by atoms with van der Waals surface area (Å²) >= 11 is 0. The van der Waals surface area contributed by atoms with E-state index in [4.69, 9.17) is 0 Å². The second-order valence-corrected chi connectivity index (χ2v) is 7.71. The Kier molecular flexibility index (Phi) is 7.79. The van der Waals surface area contributed by atoms with Gasteiger partial charge in [-0.15, -0.1) is 0 Å². The first kappa shape index (κ1) is 21.0. The van der Waals surface area contributed by atoms with E-state index in [0.717, 1.165) is 32.1 Å². The highest BCUT2D eigenvalue weighted by Crippen LogP contribution is 2.29. The van der Waals surface area contributed by atoms with Gasteiger partial charge in [-0.3, -0.25) is 9.59 Å². The van der Waals surface area contributed by atoms with Crippen molar-refractivity contribution in [3.8, 4) is 0 Å². The summed E-state index contributed by atoms with van der Waals surface area (Å²) in [6.07, 6.45) is 4.24. The molecule has 4 nitrogen and oxygen atoms in total. The zero-order valence-electron chi connectivity index (χ0n) is 16.7. The summed E-state index contributed by atoms with van der Waals surface area (Å²) in [7, 11) is 0. The van der Waals surface area contributed by atoms with Crippen LogP contribution in [-0.2, 0) is 22.4 Å². The van der Waals surface area contributed by atoms with Crippen molar-refractivity contribution in [2.45, 2.75) is 38.5 Å². The largest absolute Gasteiger partial charge is 0.356 e. The third kappa shape index (κ3) is 6.41. The highest BCUT2D eigenvalue weighted by atomic mass is 19.1. The molecule has 0 aliphatic heterocycles. The smallest absolute Gasteiger partial charge is 0.223 e. The first-order valence-electron chi connectivity index (χ1n) is 10.5. The predicted octanol–water partition coefficient (Wildman–Crippen LogP) is 3.65. The van der Waals surface area contributed by atoms with Gasteiger partial charge in [0, 0.05) is 24.9 Å². The van der Waals surface area contributed by atoms with Gasteiger partial charge in [0.15, 0.2) is 0 Å². The van der Waals surface area contributed by atoms with Crippen LogP contribution in [0.4, 0.5) is 4.39 Å². The highest BCUT2D eigenvalue weighted by molar-refractivity contribution is 5.81.